The predicted octanol–water partition coefficient (Wildman–Crippen LogP) is 0.393. The quantitative estimate of drug-likeness (QED) is 0.405. The third-order valence-corrected chi connectivity index (χ3v) is 0.412. The molecule has 5 heavy (non-hydrogen) atoms. The van der Waals surface area contributed by atoms with Gasteiger partial charge in [0, 0.05) is 14.0 Å². The molecule has 0 spiro atoms. The highest BCUT2D eigenvalue weighted by molar-refractivity contribution is 5.57. The largest absolute Gasteiger partial charge is 0.396 e. The minimum absolute atomic E-state index is 0.218. The van der Waals surface area contributed by atoms with Crippen LogP contribution in [0.5, 0.6) is 0 Å². The van der Waals surface area contributed by atoms with E-state index in [4.69, 9.17) is 1.37 Å². The Kier molecular flexibility index (Phi) is 0.381. The number of hydrogen-bond acceptors (Lipinski definition) is 2. The molecule has 0 bridgehead atoms. The van der Waals surface area contributed by atoms with Gasteiger partial charge in [-0.1, -0.05) is 5.16 Å². The molecular weight excluding hydrogens is 66.0 g/mol. The van der Waals surface area contributed by atoms with Gasteiger partial charge in [-0.3, -0.25) is 0 Å². The number of hydrogen-bond donors (Lipinski definition) is 0. The Bertz CT molecular complexity index is 73.2. The lowest BCUT2D eigenvalue weighted by Crippen LogP contribution is -1.72. The van der Waals surface area contributed by atoms with Crippen LogP contribution >= 0.6 is 0 Å². The molecule has 2 nitrogen and oxygen atoms in total. The molecule has 0 radical (unpaired) electrons. The van der Waals surface area contributed by atoms with E-state index in [0.29, 0.717) is 6.61 Å². The average Bonchev–Trinajstić information content (AvgIpc) is 1.86. The molecule has 1 rings (SSSR count). The highest BCUT2D eigenvalue weighted by Crippen LogP contribution is 1.86. The summed E-state index contributed by atoms with van der Waals surface area (Å²) >= 11 is 0. The third-order valence-electron chi connectivity index (χ3n) is 0.412. The number of nitrogens with zero attached hydrogens (tertiary/aromatic N) is 1. The first-order valence-electron chi connectivity index (χ1n) is 2.05. The molecule has 0 saturated heterocycles. The van der Waals surface area contributed by atoms with Crippen LogP contribution in [0, 0.1) is 0 Å². The maximum Gasteiger partial charge on any atom is 0.122 e. The minimum Gasteiger partial charge on any atom is -0.396 e. The number of oxime groups is 1. The normalized spacial score (nSPS) is 36.8. The van der Waals surface area contributed by atoms with Crippen molar-refractivity contribution in [2.75, 3.05) is 6.61 Å². The van der Waals surface area contributed by atoms with Crippen LogP contribution in [0.25, 0.3) is 0 Å². The molecule has 1 heterocycles. The first-order chi connectivity index (χ1) is 2.89. The van der Waals surface area contributed by atoms with Crippen LogP contribution in [0.3, 0.4) is 0 Å². The molecule has 0 aromatic carbocycles. The van der Waals surface area contributed by atoms with Crippen LogP contribution in [0.1, 0.15) is 7.77 Å². The molecule has 28 valence electrons. The standard InChI is InChI=1S/C3H5NO/c1-2-4-5-3-1/h2H,1,3H2/i1D. The van der Waals surface area contributed by atoms with Crippen molar-refractivity contribution < 1.29 is 6.21 Å². The van der Waals surface area contributed by atoms with E-state index in [1.54, 1.807) is 0 Å². The molecule has 1 atom stereocenters. The number of rotatable bonds is 0. The zero-order valence-electron chi connectivity index (χ0n) is 3.72. The fourth-order valence-corrected chi connectivity index (χ4v) is 0.215. The summed E-state index contributed by atoms with van der Waals surface area (Å²) in [6.45, 7) is 0.431. The van der Waals surface area contributed by atoms with Crippen LogP contribution in [0.2, 0.25) is 0 Å². The molecular formula is C3H5NO. The van der Waals surface area contributed by atoms with Gasteiger partial charge >= 0.3 is 0 Å². The summed E-state index contributed by atoms with van der Waals surface area (Å²) in [5.74, 6) is 0. The van der Waals surface area contributed by atoms with E-state index in [1.165, 1.54) is 6.21 Å². The van der Waals surface area contributed by atoms with Crippen molar-refractivity contribution >= 4 is 6.21 Å². The van der Waals surface area contributed by atoms with Gasteiger partial charge in [0.1, 0.15) is 6.61 Å². The van der Waals surface area contributed by atoms with Crippen molar-refractivity contribution in [3.05, 3.63) is 0 Å². The van der Waals surface area contributed by atoms with E-state index in [2.05, 4.69) is 9.99 Å². The fourth-order valence-electron chi connectivity index (χ4n) is 0.215. The highest BCUT2D eigenvalue weighted by Gasteiger charge is 1.86. The smallest absolute Gasteiger partial charge is 0.122 e. The monoisotopic (exact) mass is 72.0 g/mol. The van der Waals surface area contributed by atoms with Gasteiger partial charge in [0.2, 0.25) is 0 Å². The van der Waals surface area contributed by atoms with Crippen LogP contribution < -0.4 is 0 Å². The Labute approximate surface area is 31.8 Å². The summed E-state index contributed by atoms with van der Waals surface area (Å²) in [6.07, 6.45) is 1.25. The zero-order valence-corrected chi connectivity index (χ0v) is 2.72. The third kappa shape index (κ3) is 0.375. The topological polar surface area (TPSA) is 21.6 Å². The van der Waals surface area contributed by atoms with Gasteiger partial charge in [0.05, 0.1) is 0 Å². The van der Waals surface area contributed by atoms with Crippen molar-refractivity contribution in [2.45, 2.75) is 6.40 Å². The Morgan fingerprint density at radius 1 is 2.20 bits per heavy atom. The van der Waals surface area contributed by atoms with Gasteiger partial charge in [-0.25, -0.2) is 0 Å². The van der Waals surface area contributed by atoms with E-state index >= 15 is 0 Å². The lowest BCUT2D eigenvalue weighted by atomic mass is 10.5. The summed E-state index contributed by atoms with van der Waals surface area (Å²) < 4.78 is 6.86. The molecule has 0 N–H and O–H groups in total. The fraction of sp³-hybridized carbons (Fsp3) is 0.667. The van der Waals surface area contributed by atoms with Gasteiger partial charge in [0.15, 0.2) is 0 Å². The lowest BCUT2D eigenvalue weighted by Gasteiger charge is -1.76. The van der Waals surface area contributed by atoms with Crippen molar-refractivity contribution in [3.63, 3.8) is 0 Å². The van der Waals surface area contributed by atoms with Crippen LogP contribution in [-0.2, 0) is 4.84 Å². The Hall–Kier alpha value is -0.530. The van der Waals surface area contributed by atoms with Gasteiger partial charge in [-0.15, -0.1) is 0 Å². The lowest BCUT2D eigenvalue weighted by molar-refractivity contribution is 0.174. The van der Waals surface area contributed by atoms with Gasteiger partial charge in [-0.2, -0.15) is 0 Å². The van der Waals surface area contributed by atoms with Gasteiger partial charge < -0.3 is 4.84 Å². The second-order valence-electron chi connectivity index (χ2n) is 0.786. The summed E-state index contributed by atoms with van der Waals surface area (Å²) in [7, 11) is 0. The molecule has 0 aromatic rings. The Morgan fingerprint density at radius 2 is 3.20 bits per heavy atom. The second-order valence-corrected chi connectivity index (χ2v) is 0.786. The van der Waals surface area contributed by atoms with E-state index in [9.17, 15) is 0 Å². The molecule has 1 aliphatic rings. The van der Waals surface area contributed by atoms with Crippen LogP contribution in [0.15, 0.2) is 5.16 Å². The first kappa shape index (κ1) is 1.80. The van der Waals surface area contributed by atoms with E-state index in [0.717, 1.165) is 0 Å². The van der Waals surface area contributed by atoms with Crippen LogP contribution in [-0.4, -0.2) is 12.8 Å². The highest BCUT2D eigenvalue weighted by atomic mass is 16.6. The summed E-state index contributed by atoms with van der Waals surface area (Å²) in [4.78, 5) is 4.44. The van der Waals surface area contributed by atoms with E-state index < -0.39 is 0 Å². The minimum atomic E-state index is -0.218. The molecule has 0 amide bonds. The molecule has 0 saturated carbocycles. The maximum absolute atomic E-state index is 6.86. The van der Waals surface area contributed by atoms with Crippen molar-refractivity contribution in [1.82, 2.24) is 0 Å². The maximum atomic E-state index is 6.86. The first-order valence-corrected chi connectivity index (χ1v) is 1.47. The average molecular weight is 72.1 g/mol. The van der Waals surface area contributed by atoms with Crippen molar-refractivity contribution in [1.29, 1.82) is 0 Å². The summed E-state index contributed by atoms with van der Waals surface area (Å²) in [5.41, 5.74) is 0. The van der Waals surface area contributed by atoms with Crippen molar-refractivity contribution in [2.24, 2.45) is 5.16 Å². The SMILES string of the molecule is [2H]C1C=NOC1. The zero-order chi connectivity index (χ0) is 4.41. The Morgan fingerprint density at radius 3 is 3.40 bits per heavy atom. The second kappa shape index (κ2) is 1.06. The molecule has 1 unspecified atom stereocenters. The Balaban J connectivity index is 2.38. The summed E-state index contributed by atoms with van der Waals surface area (Å²) in [6, 6.07) is 0. The van der Waals surface area contributed by atoms with Crippen LogP contribution in [0.4, 0.5) is 0 Å². The predicted molar refractivity (Wildman–Crippen MR) is 19.1 cm³/mol. The molecule has 0 aliphatic carbocycles. The molecule has 2 heteroatoms. The molecule has 0 aromatic heterocycles. The van der Waals surface area contributed by atoms with Gasteiger partial charge in [0.25, 0.3) is 0 Å². The van der Waals surface area contributed by atoms with E-state index in [-0.39, 0.29) is 6.40 Å². The molecule has 1 aliphatic heterocycles. The molecule has 0 fully saturated rings. The summed E-state index contributed by atoms with van der Waals surface area (Å²) in [5, 5.41) is 3.35. The van der Waals surface area contributed by atoms with Crippen molar-refractivity contribution in [3.8, 4) is 0 Å². The van der Waals surface area contributed by atoms with E-state index in [1.807, 2.05) is 0 Å². The van der Waals surface area contributed by atoms with Gasteiger partial charge in [-0.05, 0) is 0 Å².